The number of nitrogens with zero attached hydrogens (tertiary/aromatic N) is 4. The molecule has 2 amide bonds. The van der Waals surface area contributed by atoms with Gasteiger partial charge < -0.3 is 19.9 Å². The van der Waals surface area contributed by atoms with Crippen molar-refractivity contribution in [2.75, 3.05) is 36.0 Å². The smallest absolute Gasteiger partial charge is 0.242 e. The molecule has 1 aliphatic heterocycles. The van der Waals surface area contributed by atoms with E-state index in [-0.39, 0.29) is 17.9 Å². The van der Waals surface area contributed by atoms with E-state index in [1.807, 2.05) is 56.7 Å². The molecule has 0 aliphatic carbocycles. The second-order valence-electron chi connectivity index (χ2n) is 10.3. The van der Waals surface area contributed by atoms with Crippen LogP contribution in [0.15, 0.2) is 67.3 Å². The van der Waals surface area contributed by atoms with Crippen molar-refractivity contribution in [3.05, 3.63) is 78.4 Å². The van der Waals surface area contributed by atoms with Gasteiger partial charge in [0.15, 0.2) is 0 Å². The van der Waals surface area contributed by atoms with Gasteiger partial charge in [0.05, 0.1) is 18.0 Å². The van der Waals surface area contributed by atoms with E-state index in [4.69, 9.17) is 4.74 Å². The van der Waals surface area contributed by atoms with Crippen LogP contribution in [0, 0.1) is 5.41 Å². The zero-order valence-electron chi connectivity index (χ0n) is 23.4. The second kappa shape index (κ2) is 12.8. The van der Waals surface area contributed by atoms with E-state index in [0.717, 1.165) is 31.5 Å². The molecule has 8 heteroatoms. The Hall–Kier alpha value is -3.78. The van der Waals surface area contributed by atoms with Crippen LogP contribution in [0.2, 0.25) is 0 Å². The first-order chi connectivity index (χ1) is 18.9. The SMILES string of the molecule is CCN1C(=O)C(C)(C)C(=O)N(CC)c2cc(OCCCNC(CCc3cccnc3)c3ccncc3)ccc21. The molecule has 3 heterocycles. The van der Waals surface area contributed by atoms with Gasteiger partial charge in [0.25, 0.3) is 0 Å². The minimum atomic E-state index is -1.12. The molecule has 0 bridgehead atoms. The van der Waals surface area contributed by atoms with Crippen molar-refractivity contribution < 1.29 is 14.3 Å². The maximum absolute atomic E-state index is 13.3. The van der Waals surface area contributed by atoms with Crippen molar-refractivity contribution in [1.82, 2.24) is 15.3 Å². The number of rotatable bonds is 12. The molecule has 0 saturated carbocycles. The van der Waals surface area contributed by atoms with Gasteiger partial charge in [0, 0.05) is 50.0 Å². The van der Waals surface area contributed by atoms with Crippen LogP contribution in [0.1, 0.15) is 57.7 Å². The zero-order chi connectivity index (χ0) is 27.8. The quantitative estimate of drug-likeness (QED) is 0.264. The summed E-state index contributed by atoms with van der Waals surface area (Å²) in [6.07, 6.45) is 10.1. The van der Waals surface area contributed by atoms with E-state index in [9.17, 15) is 9.59 Å². The Labute approximate surface area is 231 Å². The van der Waals surface area contributed by atoms with Crippen molar-refractivity contribution in [2.24, 2.45) is 5.41 Å². The number of pyridine rings is 2. The first-order valence-electron chi connectivity index (χ1n) is 13.8. The summed E-state index contributed by atoms with van der Waals surface area (Å²) in [7, 11) is 0. The average molecular weight is 530 g/mol. The number of aromatic nitrogens is 2. The number of benzene rings is 1. The summed E-state index contributed by atoms with van der Waals surface area (Å²) >= 11 is 0. The molecule has 39 heavy (non-hydrogen) atoms. The number of fused-ring (bicyclic) bond motifs is 1. The fourth-order valence-electron chi connectivity index (χ4n) is 5.03. The van der Waals surface area contributed by atoms with Gasteiger partial charge in [-0.2, -0.15) is 0 Å². The number of carbonyl (C=O) groups is 2. The number of anilines is 2. The third kappa shape index (κ3) is 6.45. The summed E-state index contributed by atoms with van der Waals surface area (Å²) in [5.74, 6) is 0.312. The van der Waals surface area contributed by atoms with E-state index >= 15 is 0 Å². The molecule has 2 aromatic heterocycles. The number of hydrogen-bond acceptors (Lipinski definition) is 6. The maximum atomic E-state index is 13.3. The molecule has 0 saturated heterocycles. The lowest BCUT2D eigenvalue weighted by Gasteiger charge is -2.27. The highest BCUT2D eigenvalue weighted by Crippen LogP contribution is 2.40. The van der Waals surface area contributed by atoms with Gasteiger partial charge in [-0.15, -0.1) is 0 Å². The molecule has 0 fully saturated rings. The molecule has 1 unspecified atom stereocenters. The number of amides is 2. The topological polar surface area (TPSA) is 87.7 Å². The van der Waals surface area contributed by atoms with Crippen LogP contribution in [0.5, 0.6) is 5.75 Å². The first kappa shape index (κ1) is 28.2. The molecule has 1 N–H and O–H groups in total. The van der Waals surface area contributed by atoms with Crippen LogP contribution in [-0.2, 0) is 16.0 Å². The molecule has 0 spiro atoms. The minimum Gasteiger partial charge on any atom is -0.493 e. The Balaban J connectivity index is 1.38. The molecule has 206 valence electrons. The molecule has 4 rings (SSSR count). The Bertz CT molecular complexity index is 1250. The predicted octanol–water partition coefficient (Wildman–Crippen LogP) is 4.95. The van der Waals surface area contributed by atoms with Gasteiger partial charge >= 0.3 is 0 Å². The van der Waals surface area contributed by atoms with Crippen LogP contribution in [0.4, 0.5) is 11.4 Å². The van der Waals surface area contributed by atoms with Crippen molar-refractivity contribution >= 4 is 23.2 Å². The van der Waals surface area contributed by atoms with Crippen molar-refractivity contribution in [3.8, 4) is 5.75 Å². The lowest BCUT2D eigenvalue weighted by Crippen LogP contribution is -2.48. The molecular weight excluding hydrogens is 490 g/mol. The van der Waals surface area contributed by atoms with Gasteiger partial charge in [0.2, 0.25) is 11.8 Å². The molecule has 0 radical (unpaired) electrons. The lowest BCUT2D eigenvalue weighted by atomic mass is 9.90. The third-order valence-electron chi connectivity index (χ3n) is 7.25. The minimum absolute atomic E-state index is 0.181. The van der Waals surface area contributed by atoms with Gasteiger partial charge in [-0.25, -0.2) is 0 Å². The van der Waals surface area contributed by atoms with E-state index in [1.54, 1.807) is 29.8 Å². The standard InChI is InChI=1S/C31H39N5O3/c1-5-35-27-13-11-25(21-28(27)36(6-2)30(38)31(3,4)29(35)37)39-20-8-17-34-26(24-14-18-32-19-15-24)12-10-23-9-7-16-33-22-23/h7,9,11,13-16,18-19,21-22,26,34H,5-6,8,10,12,17,20H2,1-4H3. The molecule has 1 atom stereocenters. The number of ether oxygens (including phenoxy) is 1. The highest BCUT2D eigenvalue weighted by molar-refractivity contribution is 6.20. The summed E-state index contributed by atoms with van der Waals surface area (Å²) in [6, 6.07) is 14.0. The van der Waals surface area contributed by atoms with E-state index in [1.165, 1.54) is 11.1 Å². The van der Waals surface area contributed by atoms with Crippen LogP contribution in [0.25, 0.3) is 0 Å². The summed E-state index contributed by atoms with van der Waals surface area (Å²) in [6.45, 7) is 9.54. The van der Waals surface area contributed by atoms with E-state index in [2.05, 4.69) is 33.5 Å². The van der Waals surface area contributed by atoms with Crippen LogP contribution >= 0.6 is 0 Å². The summed E-state index contributed by atoms with van der Waals surface area (Å²) < 4.78 is 6.11. The van der Waals surface area contributed by atoms with Crippen molar-refractivity contribution in [2.45, 2.75) is 53.0 Å². The summed E-state index contributed by atoms with van der Waals surface area (Å²) in [5.41, 5.74) is 2.76. The Kier molecular flexibility index (Phi) is 9.30. The fourth-order valence-corrected chi connectivity index (χ4v) is 5.03. The number of aryl methyl sites for hydroxylation is 1. The van der Waals surface area contributed by atoms with Crippen LogP contribution in [0.3, 0.4) is 0 Å². The third-order valence-corrected chi connectivity index (χ3v) is 7.25. The molecule has 1 aliphatic rings. The summed E-state index contributed by atoms with van der Waals surface area (Å²) in [5, 5.41) is 3.67. The highest BCUT2D eigenvalue weighted by atomic mass is 16.5. The average Bonchev–Trinajstić information content (AvgIpc) is 3.02. The van der Waals surface area contributed by atoms with Crippen molar-refractivity contribution in [3.63, 3.8) is 0 Å². The Morgan fingerprint density at radius 2 is 1.64 bits per heavy atom. The highest BCUT2D eigenvalue weighted by Gasteiger charge is 2.45. The van der Waals surface area contributed by atoms with Crippen LogP contribution in [-0.4, -0.2) is 48.0 Å². The molecular formula is C31H39N5O3. The van der Waals surface area contributed by atoms with Gasteiger partial charge in [-0.05, 0) is 95.0 Å². The van der Waals surface area contributed by atoms with Crippen LogP contribution < -0.4 is 19.9 Å². The second-order valence-corrected chi connectivity index (χ2v) is 10.3. The van der Waals surface area contributed by atoms with Gasteiger partial charge in [0.1, 0.15) is 11.2 Å². The van der Waals surface area contributed by atoms with E-state index < -0.39 is 5.41 Å². The monoisotopic (exact) mass is 529 g/mol. The molecule has 8 nitrogen and oxygen atoms in total. The Morgan fingerprint density at radius 3 is 2.31 bits per heavy atom. The van der Waals surface area contributed by atoms with Gasteiger partial charge in [-0.1, -0.05) is 6.07 Å². The Morgan fingerprint density at radius 1 is 0.923 bits per heavy atom. The zero-order valence-corrected chi connectivity index (χ0v) is 23.4. The van der Waals surface area contributed by atoms with E-state index in [0.29, 0.717) is 31.1 Å². The maximum Gasteiger partial charge on any atom is 0.242 e. The fraction of sp³-hybridized carbons (Fsp3) is 0.419. The van der Waals surface area contributed by atoms with Crippen molar-refractivity contribution in [1.29, 1.82) is 0 Å². The first-order valence-corrected chi connectivity index (χ1v) is 13.8. The summed E-state index contributed by atoms with van der Waals surface area (Å²) in [4.78, 5) is 38.2. The predicted molar refractivity (Wildman–Crippen MR) is 154 cm³/mol. The largest absolute Gasteiger partial charge is 0.493 e. The molecule has 3 aromatic rings. The number of nitrogens with one attached hydrogen (secondary N) is 1. The molecule has 1 aromatic carbocycles. The lowest BCUT2D eigenvalue weighted by molar-refractivity contribution is -0.137. The normalized spacial score (nSPS) is 15.6. The number of carbonyl (C=O) groups excluding carboxylic acids is 2. The number of hydrogen-bond donors (Lipinski definition) is 1. The van der Waals surface area contributed by atoms with Gasteiger partial charge in [-0.3, -0.25) is 19.6 Å².